The van der Waals surface area contributed by atoms with Crippen molar-refractivity contribution in [1.82, 2.24) is 9.80 Å². The number of carbonyl (C=O) groups excluding carboxylic acids is 2. The van der Waals surface area contributed by atoms with E-state index in [9.17, 15) is 9.59 Å². The standard InChI is InChI=1S/C11H18N2O3/c1-8(2)5-12-6-10(14)13(11(12)15)9-3-4-16-7-9/h8-9H,3-7H2,1-2H3. The van der Waals surface area contributed by atoms with Crippen LogP contribution >= 0.6 is 0 Å². The normalized spacial score (nSPS) is 26.3. The van der Waals surface area contributed by atoms with E-state index in [0.29, 0.717) is 25.7 Å². The molecule has 2 saturated heterocycles. The van der Waals surface area contributed by atoms with E-state index in [1.54, 1.807) is 4.90 Å². The van der Waals surface area contributed by atoms with Crippen molar-refractivity contribution < 1.29 is 14.3 Å². The summed E-state index contributed by atoms with van der Waals surface area (Å²) < 4.78 is 5.22. The molecule has 16 heavy (non-hydrogen) atoms. The van der Waals surface area contributed by atoms with Crippen molar-refractivity contribution in [3.05, 3.63) is 0 Å². The molecule has 0 aromatic carbocycles. The highest BCUT2D eigenvalue weighted by Gasteiger charge is 2.41. The molecule has 0 saturated carbocycles. The maximum absolute atomic E-state index is 12.0. The third kappa shape index (κ3) is 2.04. The molecule has 0 aromatic heterocycles. The Hall–Kier alpha value is -1.10. The van der Waals surface area contributed by atoms with Crippen LogP contribution < -0.4 is 0 Å². The molecule has 0 bridgehead atoms. The molecular weight excluding hydrogens is 208 g/mol. The molecule has 0 N–H and O–H groups in total. The summed E-state index contributed by atoms with van der Waals surface area (Å²) in [5, 5.41) is 0. The Morgan fingerprint density at radius 2 is 2.19 bits per heavy atom. The second-order valence-electron chi connectivity index (χ2n) is 4.84. The number of rotatable bonds is 3. The Morgan fingerprint density at radius 1 is 1.44 bits per heavy atom. The van der Waals surface area contributed by atoms with Gasteiger partial charge in [-0.1, -0.05) is 13.8 Å². The van der Waals surface area contributed by atoms with E-state index in [-0.39, 0.29) is 24.5 Å². The molecule has 0 aromatic rings. The molecule has 5 heteroatoms. The predicted molar refractivity (Wildman–Crippen MR) is 57.9 cm³/mol. The van der Waals surface area contributed by atoms with Crippen LogP contribution in [0.5, 0.6) is 0 Å². The number of hydrogen-bond acceptors (Lipinski definition) is 3. The maximum Gasteiger partial charge on any atom is 0.327 e. The zero-order valence-electron chi connectivity index (χ0n) is 9.81. The van der Waals surface area contributed by atoms with Gasteiger partial charge in [-0.05, 0) is 12.3 Å². The van der Waals surface area contributed by atoms with Gasteiger partial charge in [-0.25, -0.2) is 4.79 Å². The minimum Gasteiger partial charge on any atom is -0.379 e. The van der Waals surface area contributed by atoms with E-state index in [0.717, 1.165) is 6.42 Å². The van der Waals surface area contributed by atoms with E-state index in [4.69, 9.17) is 4.74 Å². The van der Waals surface area contributed by atoms with Crippen molar-refractivity contribution >= 4 is 11.9 Å². The van der Waals surface area contributed by atoms with Crippen LogP contribution in [0, 0.1) is 5.92 Å². The number of imide groups is 1. The van der Waals surface area contributed by atoms with Gasteiger partial charge in [0, 0.05) is 13.2 Å². The fraction of sp³-hybridized carbons (Fsp3) is 0.818. The van der Waals surface area contributed by atoms with E-state index < -0.39 is 0 Å². The summed E-state index contributed by atoms with van der Waals surface area (Å²) in [6.45, 7) is 6.10. The van der Waals surface area contributed by atoms with Crippen molar-refractivity contribution in [1.29, 1.82) is 0 Å². The molecule has 5 nitrogen and oxygen atoms in total. The molecule has 2 fully saturated rings. The molecule has 2 rings (SSSR count). The molecule has 0 radical (unpaired) electrons. The Bertz CT molecular complexity index is 298. The molecular formula is C11H18N2O3. The van der Waals surface area contributed by atoms with E-state index in [1.807, 2.05) is 13.8 Å². The number of carbonyl (C=O) groups is 2. The number of ether oxygens (including phenoxy) is 1. The van der Waals surface area contributed by atoms with Gasteiger partial charge >= 0.3 is 6.03 Å². The van der Waals surface area contributed by atoms with Gasteiger partial charge in [0.2, 0.25) is 0 Å². The summed E-state index contributed by atoms with van der Waals surface area (Å²) in [4.78, 5) is 26.8. The first kappa shape index (κ1) is 11.4. The van der Waals surface area contributed by atoms with Crippen LogP contribution in [-0.4, -0.2) is 54.1 Å². The van der Waals surface area contributed by atoms with Crippen molar-refractivity contribution in [3.63, 3.8) is 0 Å². The number of amides is 3. The number of hydrogen-bond donors (Lipinski definition) is 0. The summed E-state index contributed by atoms with van der Waals surface area (Å²) >= 11 is 0. The average molecular weight is 226 g/mol. The van der Waals surface area contributed by atoms with Crippen LogP contribution in [0.4, 0.5) is 4.79 Å². The summed E-state index contributed by atoms with van der Waals surface area (Å²) in [5.74, 6) is 0.303. The summed E-state index contributed by atoms with van der Waals surface area (Å²) in [5.41, 5.74) is 0. The zero-order valence-corrected chi connectivity index (χ0v) is 9.81. The van der Waals surface area contributed by atoms with Crippen molar-refractivity contribution in [3.8, 4) is 0 Å². The Labute approximate surface area is 95.3 Å². The van der Waals surface area contributed by atoms with Gasteiger partial charge in [-0.15, -0.1) is 0 Å². The lowest BCUT2D eigenvalue weighted by atomic mass is 10.2. The van der Waals surface area contributed by atoms with Crippen LogP contribution in [0.1, 0.15) is 20.3 Å². The third-order valence-electron chi connectivity index (χ3n) is 2.93. The highest BCUT2D eigenvalue weighted by atomic mass is 16.5. The molecule has 0 aliphatic carbocycles. The molecule has 3 amide bonds. The average Bonchev–Trinajstić information content (AvgIpc) is 2.76. The molecule has 2 heterocycles. The highest BCUT2D eigenvalue weighted by Crippen LogP contribution is 2.20. The SMILES string of the molecule is CC(C)CN1CC(=O)N(C2CCOC2)C1=O. The van der Waals surface area contributed by atoms with Crippen molar-refractivity contribution in [2.45, 2.75) is 26.3 Å². The van der Waals surface area contributed by atoms with Crippen LogP contribution in [0.15, 0.2) is 0 Å². The van der Waals surface area contributed by atoms with E-state index >= 15 is 0 Å². The largest absolute Gasteiger partial charge is 0.379 e. The van der Waals surface area contributed by atoms with E-state index in [2.05, 4.69) is 0 Å². The van der Waals surface area contributed by atoms with Gasteiger partial charge < -0.3 is 9.64 Å². The minimum absolute atomic E-state index is 0.0443. The van der Waals surface area contributed by atoms with Gasteiger partial charge in [-0.2, -0.15) is 0 Å². The summed E-state index contributed by atoms with van der Waals surface area (Å²) in [7, 11) is 0. The van der Waals surface area contributed by atoms with Gasteiger partial charge in [-0.3, -0.25) is 9.69 Å². The molecule has 1 atom stereocenters. The summed E-state index contributed by atoms with van der Waals surface area (Å²) in [6, 6.07) is -0.189. The maximum atomic E-state index is 12.0. The molecule has 0 spiro atoms. The van der Waals surface area contributed by atoms with Gasteiger partial charge in [0.1, 0.15) is 6.54 Å². The second-order valence-corrected chi connectivity index (χ2v) is 4.84. The fourth-order valence-corrected chi connectivity index (χ4v) is 2.24. The zero-order chi connectivity index (χ0) is 11.7. The van der Waals surface area contributed by atoms with Crippen LogP contribution in [0.2, 0.25) is 0 Å². The van der Waals surface area contributed by atoms with E-state index in [1.165, 1.54) is 4.90 Å². The Morgan fingerprint density at radius 3 is 2.75 bits per heavy atom. The predicted octanol–water partition coefficient (Wildman–Crippen LogP) is 0.695. The first-order valence-corrected chi connectivity index (χ1v) is 5.78. The highest BCUT2D eigenvalue weighted by molar-refractivity contribution is 6.02. The fourth-order valence-electron chi connectivity index (χ4n) is 2.24. The Kier molecular flexibility index (Phi) is 3.14. The van der Waals surface area contributed by atoms with Crippen LogP contribution in [-0.2, 0) is 9.53 Å². The van der Waals surface area contributed by atoms with Crippen LogP contribution in [0.25, 0.3) is 0 Å². The lowest BCUT2D eigenvalue weighted by Crippen LogP contribution is -2.42. The quantitative estimate of drug-likeness (QED) is 0.665. The molecule has 1 unspecified atom stereocenters. The molecule has 90 valence electrons. The third-order valence-corrected chi connectivity index (χ3v) is 2.93. The number of urea groups is 1. The second kappa shape index (κ2) is 4.41. The van der Waals surface area contributed by atoms with Crippen LogP contribution in [0.3, 0.4) is 0 Å². The first-order chi connectivity index (χ1) is 7.59. The minimum atomic E-state index is -0.144. The number of nitrogens with zero attached hydrogens (tertiary/aromatic N) is 2. The van der Waals surface area contributed by atoms with Gasteiger partial charge in [0.25, 0.3) is 5.91 Å². The van der Waals surface area contributed by atoms with Gasteiger partial charge in [0.15, 0.2) is 0 Å². The lowest BCUT2D eigenvalue weighted by molar-refractivity contribution is -0.126. The molecule has 2 aliphatic rings. The monoisotopic (exact) mass is 226 g/mol. The Balaban J connectivity index is 2.04. The molecule has 2 aliphatic heterocycles. The summed E-state index contributed by atoms with van der Waals surface area (Å²) in [6.07, 6.45) is 0.771. The first-order valence-electron chi connectivity index (χ1n) is 5.78. The van der Waals surface area contributed by atoms with Crippen molar-refractivity contribution in [2.24, 2.45) is 5.92 Å². The topological polar surface area (TPSA) is 49.9 Å². The lowest BCUT2D eigenvalue weighted by Gasteiger charge is -2.22. The van der Waals surface area contributed by atoms with Gasteiger partial charge in [0.05, 0.1) is 12.6 Å². The van der Waals surface area contributed by atoms with Crippen molar-refractivity contribution in [2.75, 3.05) is 26.3 Å². The smallest absolute Gasteiger partial charge is 0.327 e.